The maximum absolute atomic E-state index is 9.83. The van der Waals surface area contributed by atoms with Crippen molar-refractivity contribution in [2.24, 2.45) is 0 Å². The fourth-order valence-corrected chi connectivity index (χ4v) is 1.92. The summed E-state index contributed by atoms with van der Waals surface area (Å²) in [5.41, 5.74) is 2.99. The summed E-state index contributed by atoms with van der Waals surface area (Å²) in [6.45, 7) is 4.41. The predicted molar refractivity (Wildman–Crippen MR) is 75.0 cm³/mol. The quantitative estimate of drug-likeness (QED) is 0.892. The fraction of sp³-hybridized carbons (Fsp3) is 0.312. The number of aliphatic hydroxyl groups excluding tert-OH is 1. The lowest BCUT2D eigenvalue weighted by molar-refractivity contribution is 0.172. The number of nitrogens with zero attached hydrogens (tertiary/aromatic N) is 1. The van der Waals surface area contributed by atoms with Crippen LogP contribution in [0.15, 0.2) is 42.6 Å². The summed E-state index contributed by atoms with van der Waals surface area (Å²) in [6, 6.07) is 11.9. The molecule has 3 nitrogen and oxygen atoms in total. The number of hydrogen-bond acceptors (Lipinski definition) is 3. The van der Waals surface area contributed by atoms with Crippen LogP contribution in [-0.2, 0) is 6.61 Å². The first-order valence-electron chi connectivity index (χ1n) is 6.52. The van der Waals surface area contributed by atoms with Crippen molar-refractivity contribution in [1.82, 2.24) is 4.98 Å². The molecule has 0 amide bonds. The Bertz CT molecular complexity index is 526. The van der Waals surface area contributed by atoms with Crippen LogP contribution in [0, 0.1) is 6.92 Å². The van der Waals surface area contributed by atoms with Gasteiger partial charge in [0.15, 0.2) is 0 Å². The van der Waals surface area contributed by atoms with Gasteiger partial charge in [-0.1, -0.05) is 37.3 Å². The largest absolute Gasteiger partial charge is 0.473 e. The monoisotopic (exact) mass is 257 g/mol. The first-order valence-corrected chi connectivity index (χ1v) is 6.52. The van der Waals surface area contributed by atoms with E-state index in [4.69, 9.17) is 4.74 Å². The Kier molecular flexibility index (Phi) is 4.53. The van der Waals surface area contributed by atoms with Gasteiger partial charge in [-0.05, 0) is 24.5 Å². The third-order valence-corrected chi connectivity index (χ3v) is 3.10. The van der Waals surface area contributed by atoms with Crippen LogP contribution < -0.4 is 4.74 Å². The number of benzene rings is 1. The van der Waals surface area contributed by atoms with E-state index in [1.54, 1.807) is 6.20 Å². The summed E-state index contributed by atoms with van der Waals surface area (Å²) >= 11 is 0. The van der Waals surface area contributed by atoms with E-state index >= 15 is 0 Å². The molecule has 2 rings (SSSR count). The first kappa shape index (κ1) is 13.6. The van der Waals surface area contributed by atoms with Crippen LogP contribution in [0.3, 0.4) is 0 Å². The minimum atomic E-state index is -0.448. The normalized spacial score (nSPS) is 12.2. The summed E-state index contributed by atoms with van der Waals surface area (Å²) in [5.74, 6) is 0.591. The highest BCUT2D eigenvalue weighted by atomic mass is 16.5. The molecule has 0 aliphatic heterocycles. The lowest BCUT2D eigenvalue weighted by Crippen LogP contribution is -2.02. The molecule has 0 aliphatic carbocycles. The molecule has 1 aromatic heterocycles. The first-order chi connectivity index (χ1) is 9.20. The second-order valence-corrected chi connectivity index (χ2v) is 4.58. The van der Waals surface area contributed by atoms with Gasteiger partial charge in [0.05, 0.1) is 6.10 Å². The van der Waals surface area contributed by atoms with Crippen molar-refractivity contribution in [1.29, 1.82) is 0 Å². The number of aromatic nitrogens is 1. The molecular weight excluding hydrogens is 238 g/mol. The van der Waals surface area contributed by atoms with Crippen LogP contribution in [-0.4, -0.2) is 10.1 Å². The molecule has 1 heterocycles. The molecule has 19 heavy (non-hydrogen) atoms. The van der Waals surface area contributed by atoms with Crippen LogP contribution in [0.2, 0.25) is 0 Å². The summed E-state index contributed by atoms with van der Waals surface area (Å²) in [6.07, 6.45) is 1.94. The van der Waals surface area contributed by atoms with Gasteiger partial charge in [-0.15, -0.1) is 0 Å². The van der Waals surface area contributed by atoms with Crippen LogP contribution in [0.4, 0.5) is 0 Å². The highest BCUT2D eigenvalue weighted by molar-refractivity contribution is 5.30. The zero-order valence-electron chi connectivity index (χ0n) is 11.3. The van der Waals surface area contributed by atoms with Crippen LogP contribution in [0.25, 0.3) is 0 Å². The Morgan fingerprint density at radius 3 is 2.63 bits per heavy atom. The lowest BCUT2D eigenvalue weighted by atomic mass is 10.0. The van der Waals surface area contributed by atoms with Crippen molar-refractivity contribution in [3.63, 3.8) is 0 Å². The van der Waals surface area contributed by atoms with Gasteiger partial charge in [0.2, 0.25) is 5.88 Å². The number of ether oxygens (including phenoxy) is 1. The standard InChI is InChI=1S/C16H19NO2/c1-3-15(18)14-10-17-16(9-12(14)2)19-11-13-7-5-4-6-8-13/h4-10,15,18H,3,11H2,1-2H3. The lowest BCUT2D eigenvalue weighted by Gasteiger charge is -2.12. The molecule has 0 aliphatic rings. The molecule has 1 unspecified atom stereocenters. The SMILES string of the molecule is CCC(O)c1cnc(OCc2ccccc2)cc1C. The predicted octanol–water partition coefficient (Wildman–Crippen LogP) is 3.41. The summed E-state index contributed by atoms with van der Waals surface area (Å²) in [5, 5.41) is 9.83. The summed E-state index contributed by atoms with van der Waals surface area (Å²) in [4.78, 5) is 4.24. The molecule has 1 aromatic carbocycles. The highest BCUT2D eigenvalue weighted by Crippen LogP contribution is 2.22. The van der Waals surface area contributed by atoms with Crippen molar-refractivity contribution >= 4 is 0 Å². The Balaban J connectivity index is 2.04. The van der Waals surface area contributed by atoms with Crippen molar-refractivity contribution in [3.8, 4) is 5.88 Å². The zero-order valence-corrected chi connectivity index (χ0v) is 11.3. The highest BCUT2D eigenvalue weighted by Gasteiger charge is 2.09. The number of hydrogen-bond donors (Lipinski definition) is 1. The second-order valence-electron chi connectivity index (χ2n) is 4.58. The van der Waals surface area contributed by atoms with Crippen molar-refractivity contribution < 1.29 is 9.84 Å². The van der Waals surface area contributed by atoms with Crippen LogP contribution in [0.1, 0.15) is 36.1 Å². The van der Waals surface area contributed by atoms with Gasteiger partial charge in [-0.2, -0.15) is 0 Å². The van der Waals surface area contributed by atoms with Crippen molar-refractivity contribution in [3.05, 3.63) is 59.3 Å². The van der Waals surface area contributed by atoms with Gasteiger partial charge in [-0.3, -0.25) is 0 Å². The van der Waals surface area contributed by atoms with E-state index in [0.717, 1.165) is 16.7 Å². The molecule has 1 N–H and O–H groups in total. The molecule has 0 saturated heterocycles. The maximum atomic E-state index is 9.83. The molecule has 3 heteroatoms. The molecule has 100 valence electrons. The Morgan fingerprint density at radius 2 is 2.00 bits per heavy atom. The van der Waals surface area contributed by atoms with Gasteiger partial charge >= 0.3 is 0 Å². The van der Waals surface area contributed by atoms with E-state index < -0.39 is 6.10 Å². The summed E-state index contributed by atoms with van der Waals surface area (Å²) < 4.78 is 5.65. The van der Waals surface area contributed by atoms with E-state index in [9.17, 15) is 5.11 Å². The van der Waals surface area contributed by atoms with Gasteiger partial charge in [0.1, 0.15) is 6.61 Å². The molecule has 0 spiro atoms. The Hall–Kier alpha value is -1.87. The number of rotatable bonds is 5. The average Bonchev–Trinajstić information content (AvgIpc) is 2.45. The molecule has 2 aromatic rings. The van der Waals surface area contributed by atoms with E-state index in [2.05, 4.69) is 4.98 Å². The number of aryl methyl sites for hydroxylation is 1. The fourth-order valence-electron chi connectivity index (χ4n) is 1.92. The Labute approximate surface area is 113 Å². The molecular formula is C16H19NO2. The molecule has 0 saturated carbocycles. The topological polar surface area (TPSA) is 42.4 Å². The van der Waals surface area contributed by atoms with Gasteiger partial charge in [0, 0.05) is 17.8 Å². The van der Waals surface area contributed by atoms with E-state index in [-0.39, 0.29) is 0 Å². The summed E-state index contributed by atoms with van der Waals surface area (Å²) in [7, 11) is 0. The van der Waals surface area contributed by atoms with E-state index in [1.807, 2.05) is 50.2 Å². The molecule has 1 atom stereocenters. The molecule has 0 bridgehead atoms. The molecule has 0 radical (unpaired) electrons. The van der Waals surface area contributed by atoms with Gasteiger partial charge in [0.25, 0.3) is 0 Å². The third-order valence-electron chi connectivity index (χ3n) is 3.10. The van der Waals surface area contributed by atoms with E-state index in [0.29, 0.717) is 18.9 Å². The number of aliphatic hydroxyl groups is 1. The molecule has 0 fully saturated rings. The van der Waals surface area contributed by atoms with Gasteiger partial charge in [-0.25, -0.2) is 4.98 Å². The maximum Gasteiger partial charge on any atom is 0.213 e. The van der Waals surface area contributed by atoms with E-state index in [1.165, 1.54) is 0 Å². The zero-order chi connectivity index (χ0) is 13.7. The smallest absolute Gasteiger partial charge is 0.213 e. The number of pyridine rings is 1. The third kappa shape index (κ3) is 3.55. The van der Waals surface area contributed by atoms with Crippen LogP contribution >= 0.6 is 0 Å². The minimum absolute atomic E-state index is 0.448. The van der Waals surface area contributed by atoms with Crippen molar-refractivity contribution in [2.45, 2.75) is 33.0 Å². The van der Waals surface area contributed by atoms with Crippen molar-refractivity contribution in [2.75, 3.05) is 0 Å². The second kappa shape index (κ2) is 6.34. The van der Waals surface area contributed by atoms with Gasteiger partial charge < -0.3 is 9.84 Å². The minimum Gasteiger partial charge on any atom is -0.473 e. The van der Waals surface area contributed by atoms with Crippen LogP contribution in [0.5, 0.6) is 5.88 Å². The Morgan fingerprint density at radius 1 is 1.26 bits per heavy atom. The average molecular weight is 257 g/mol.